The largest absolute Gasteiger partial charge is 0.0749 e. The molecule has 0 radical (unpaired) electrons. The van der Waals surface area contributed by atoms with E-state index in [0.717, 1.165) is 15.6 Å². The van der Waals surface area contributed by atoms with Gasteiger partial charge in [0, 0.05) is 11.0 Å². The molecule has 0 bridgehead atoms. The van der Waals surface area contributed by atoms with Crippen LogP contribution < -0.4 is 0 Å². The van der Waals surface area contributed by atoms with Crippen molar-refractivity contribution in [3.8, 4) is 11.8 Å². The lowest BCUT2D eigenvalue weighted by Crippen LogP contribution is -2.05. The SMILES string of the molecule is CC1(C)C=CC(=C(Br)C#Cc2ccccc2)C=C1. The summed E-state index contributed by atoms with van der Waals surface area (Å²) in [5.74, 6) is 6.28. The van der Waals surface area contributed by atoms with Crippen molar-refractivity contribution in [3.63, 3.8) is 0 Å². The molecule has 0 N–H and O–H groups in total. The van der Waals surface area contributed by atoms with Crippen molar-refractivity contribution in [2.45, 2.75) is 13.8 Å². The summed E-state index contributed by atoms with van der Waals surface area (Å²) in [6, 6.07) is 10.00. The van der Waals surface area contributed by atoms with Gasteiger partial charge in [0.1, 0.15) is 0 Å². The van der Waals surface area contributed by atoms with Crippen LogP contribution in [0, 0.1) is 17.3 Å². The third kappa shape index (κ3) is 3.48. The van der Waals surface area contributed by atoms with Crippen LogP contribution in [-0.4, -0.2) is 0 Å². The van der Waals surface area contributed by atoms with Gasteiger partial charge in [-0.25, -0.2) is 0 Å². The van der Waals surface area contributed by atoms with Crippen molar-refractivity contribution in [2.75, 3.05) is 0 Å². The number of benzene rings is 1. The van der Waals surface area contributed by atoms with Crippen molar-refractivity contribution in [2.24, 2.45) is 5.41 Å². The van der Waals surface area contributed by atoms with E-state index in [0.29, 0.717) is 0 Å². The predicted octanol–water partition coefficient (Wildman–Crippen LogP) is 4.84. The third-order valence-corrected chi connectivity index (χ3v) is 3.38. The molecule has 18 heavy (non-hydrogen) atoms. The summed E-state index contributed by atoms with van der Waals surface area (Å²) in [5.41, 5.74) is 2.29. The van der Waals surface area contributed by atoms with Crippen LogP contribution in [0.4, 0.5) is 0 Å². The Labute approximate surface area is 117 Å². The Hall–Kier alpha value is -1.52. The molecule has 1 aliphatic rings. The normalized spacial score (nSPS) is 16.1. The molecule has 1 aliphatic carbocycles. The van der Waals surface area contributed by atoms with Gasteiger partial charge in [0.25, 0.3) is 0 Å². The van der Waals surface area contributed by atoms with Crippen LogP contribution in [0.15, 0.2) is 64.7 Å². The first-order chi connectivity index (χ1) is 8.57. The summed E-state index contributed by atoms with van der Waals surface area (Å²) >= 11 is 3.54. The van der Waals surface area contributed by atoms with Crippen LogP contribution in [0.2, 0.25) is 0 Å². The first kappa shape index (κ1) is 12.9. The van der Waals surface area contributed by atoms with Crippen molar-refractivity contribution in [1.29, 1.82) is 0 Å². The van der Waals surface area contributed by atoms with Crippen LogP contribution in [-0.2, 0) is 0 Å². The highest BCUT2D eigenvalue weighted by Gasteiger charge is 2.12. The Morgan fingerprint density at radius 1 is 1.06 bits per heavy atom. The number of rotatable bonds is 0. The second-order valence-corrected chi connectivity index (χ2v) is 5.67. The molecular weight excluding hydrogens is 284 g/mol. The highest BCUT2D eigenvalue weighted by molar-refractivity contribution is 9.12. The fourth-order valence-corrected chi connectivity index (χ4v) is 1.95. The molecule has 0 atom stereocenters. The summed E-state index contributed by atoms with van der Waals surface area (Å²) in [4.78, 5) is 0. The molecule has 2 rings (SSSR count). The third-order valence-electron chi connectivity index (χ3n) is 2.73. The fraction of sp³-hybridized carbons (Fsp3) is 0.176. The van der Waals surface area contributed by atoms with Crippen molar-refractivity contribution >= 4 is 15.9 Å². The molecule has 1 aromatic rings. The molecule has 0 nitrogen and oxygen atoms in total. The zero-order valence-corrected chi connectivity index (χ0v) is 12.2. The molecule has 1 aromatic carbocycles. The van der Waals surface area contributed by atoms with Gasteiger partial charge in [0.05, 0.1) is 4.48 Å². The summed E-state index contributed by atoms with van der Waals surface area (Å²) in [6.07, 6.45) is 8.61. The van der Waals surface area contributed by atoms with E-state index in [1.165, 1.54) is 0 Å². The minimum absolute atomic E-state index is 0.142. The molecule has 0 amide bonds. The molecule has 0 saturated carbocycles. The first-order valence-corrected chi connectivity index (χ1v) is 6.71. The maximum Gasteiger partial charge on any atom is 0.0749 e. The maximum atomic E-state index is 3.54. The minimum atomic E-state index is 0.142. The molecule has 0 unspecified atom stereocenters. The Morgan fingerprint density at radius 2 is 1.67 bits per heavy atom. The monoisotopic (exact) mass is 298 g/mol. The van der Waals surface area contributed by atoms with Gasteiger partial charge in [-0.3, -0.25) is 0 Å². The number of hydrogen-bond acceptors (Lipinski definition) is 0. The molecule has 0 saturated heterocycles. The summed E-state index contributed by atoms with van der Waals surface area (Å²) < 4.78 is 0.925. The van der Waals surface area contributed by atoms with E-state index in [2.05, 4.69) is 65.9 Å². The van der Waals surface area contributed by atoms with E-state index >= 15 is 0 Å². The molecule has 0 spiro atoms. The van der Waals surface area contributed by atoms with Gasteiger partial charge in [-0.05, 0) is 33.6 Å². The molecule has 0 aromatic heterocycles. The molecule has 0 fully saturated rings. The van der Waals surface area contributed by atoms with Gasteiger partial charge in [-0.2, -0.15) is 0 Å². The smallest absolute Gasteiger partial charge is 0.0744 e. The zero-order valence-electron chi connectivity index (χ0n) is 10.6. The standard InChI is InChI=1S/C17H15Br/c1-17(2)12-10-15(11-13-17)16(18)9-8-14-6-4-3-5-7-14/h3-7,10-13H,1-2H3. The lowest BCUT2D eigenvalue weighted by atomic mass is 9.87. The van der Waals surface area contributed by atoms with E-state index in [1.54, 1.807) is 0 Å². The summed E-state index contributed by atoms with van der Waals surface area (Å²) in [6.45, 7) is 4.36. The predicted molar refractivity (Wildman–Crippen MR) is 81.3 cm³/mol. The zero-order chi connectivity index (χ0) is 13.0. The van der Waals surface area contributed by atoms with E-state index < -0.39 is 0 Å². The highest BCUT2D eigenvalue weighted by Crippen LogP contribution is 2.27. The Balaban J connectivity index is 2.22. The van der Waals surface area contributed by atoms with Crippen LogP contribution >= 0.6 is 15.9 Å². The second kappa shape index (κ2) is 5.42. The number of allylic oxidation sites excluding steroid dienone is 6. The molecule has 1 heteroatoms. The molecular formula is C17H15Br. The van der Waals surface area contributed by atoms with Crippen molar-refractivity contribution in [3.05, 3.63) is 70.3 Å². The summed E-state index contributed by atoms with van der Waals surface area (Å²) in [7, 11) is 0. The average Bonchev–Trinajstić information content (AvgIpc) is 2.37. The minimum Gasteiger partial charge on any atom is -0.0744 e. The van der Waals surface area contributed by atoms with Gasteiger partial charge in [0.15, 0.2) is 0 Å². The fourth-order valence-electron chi connectivity index (χ4n) is 1.59. The van der Waals surface area contributed by atoms with Crippen LogP contribution in [0.3, 0.4) is 0 Å². The van der Waals surface area contributed by atoms with E-state index in [4.69, 9.17) is 0 Å². The lowest BCUT2D eigenvalue weighted by molar-refractivity contribution is 0.621. The Morgan fingerprint density at radius 3 is 2.28 bits per heavy atom. The van der Waals surface area contributed by atoms with E-state index in [1.807, 2.05) is 30.3 Å². The van der Waals surface area contributed by atoms with Crippen LogP contribution in [0.5, 0.6) is 0 Å². The Bertz CT molecular complexity index is 557. The van der Waals surface area contributed by atoms with Crippen molar-refractivity contribution in [1.82, 2.24) is 0 Å². The van der Waals surface area contributed by atoms with Gasteiger partial charge in [-0.15, -0.1) is 0 Å². The van der Waals surface area contributed by atoms with Crippen LogP contribution in [0.1, 0.15) is 19.4 Å². The van der Waals surface area contributed by atoms with Gasteiger partial charge in [-0.1, -0.05) is 68.2 Å². The Kier molecular flexibility index (Phi) is 3.89. The number of hydrogen-bond donors (Lipinski definition) is 0. The molecule has 90 valence electrons. The highest BCUT2D eigenvalue weighted by atomic mass is 79.9. The van der Waals surface area contributed by atoms with E-state index in [9.17, 15) is 0 Å². The lowest BCUT2D eigenvalue weighted by Gasteiger charge is -2.18. The number of halogens is 1. The molecule has 0 heterocycles. The average molecular weight is 299 g/mol. The van der Waals surface area contributed by atoms with Crippen molar-refractivity contribution < 1.29 is 0 Å². The van der Waals surface area contributed by atoms with Gasteiger partial charge >= 0.3 is 0 Å². The second-order valence-electron chi connectivity index (χ2n) is 4.87. The van der Waals surface area contributed by atoms with Gasteiger partial charge in [0.2, 0.25) is 0 Å². The van der Waals surface area contributed by atoms with Gasteiger partial charge < -0.3 is 0 Å². The first-order valence-electron chi connectivity index (χ1n) is 5.92. The quantitative estimate of drug-likeness (QED) is 0.601. The van der Waals surface area contributed by atoms with E-state index in [-0.39, 0.29) is 5.41 Å². The maximum absolute atomic E-state index is 3.54. The summed E-state index contributed by atoms with van der Waals surface area (Å²) in [5, 5.41) is 0. The topological polar surface area (TPSA) is 0 Å². The molecule has 0 aliphatic heterocycles. The van der Waals surface area contributed by atoms with Crippen LogP contribution in [0.25, 0.3) is 0 Å².